The molecule has 27 heavy (non-hydrogen) atoms. The van der Waals surface area contributed by atoms with Crippen molar-refractivity contribution in [2.24, 2.45) is 5.41 Å². The van der Waals surface area contributed by atoms with E-state index in [0.717, 1.165) is 32.5 Å². The first-order valence-electron chi connectivity index (χ1n) is 8.91. The van der Waals surface area contributed by atoms with Gasteiger partial charge in [-0.05, 0) is 30.7 Å². The second kappa shape index (κ2) is 7.49. The zero-order valence-corrected chi connectivity index (χ0v) is 16.1. The molecule has 3 heterocycles. The number of alkyl halides is 2. The molecule has 2 aliphatic rings. The first kappa shape index (κ1) is 18.8. The zero-order valence-electron chi connectivity index (χ0n) is 14.6. The smallest absolute Gasteiger partial charge is 0.284 e. The van der Waals surface area contributed by atoms with Gasteiger partial charge in [-0.25, -0.2) is 18.7 Å². The fraction of sp³-hybridized carbons (Fsp3) is 0.474. The van der Waals surface area contributed by atoms with Gasteiger partial charge in [0.15, 0.2) is 5.82 Å². The Hall–Kier alpha value is -1.50. The predicted molar refractivity (Wildman–Crippen MR) is 102 cm³/mol. The lowest BCUT2D eigenvalue weighted by atomic mass is 9.78. The molecule has 2 aliphatic heterocycles. The zero-order chi connectivity index (χ0) is 19.0. The summed E-state index contributed by atoms with van der Waals surface area (Å²) in [7, 11) is 0. The van der Waals surface area contributed by atoms with Gasteiger partial charge in [0, 0.05) is 25.3 Å². The number of halogens is 4. The molecule has 4 nitrogen and oxygen atoms in total. The van der Waals surface area contributed by atoms with E-state index in [4.69, 9.17) is 27.9 Å². The lowest BCUT2D eigenvalue weighted by molar-refractivity contribution is 0.132. The predicted octanol–water partition coefficient (Wildman–Crippen LogP) is 5.39. The van der Waals surface area contributed by atoms with Crippen LogP contribution in [0.25, 0.3) is 11.3 Å². The van der Waals surface area contributed by atoms with Crippen LogP contribution in [0.1, 0.15) is 31.4 Å². The molecule has 0 aliphatic carbocycles. The average Bonchev–Trinajstić information content (AvgIpc) is 3.12. The Morgan fingerprint density at radius 1 is 1.15 bits per heavy atom. The Kier molecular flexibility index (Phi) is 5.23. The Morgan fingerprint density at radius 3 is 2.59 bits per heavy atom. The van der Waals surface area contributed by atoms with Crippen LogP contribution in [0.15, 0.2) is 24.4 Å². The number of hydrogen-bond acceptors (Lipinski definition) is 4. The topological polar surface area (TPSA) is 38.2 Å². The van der Waals surface area contributed by atoms with Crippen LogP contribution in [0.3, 0.4) is 0 Å². The molecule has 0 bridgehead atoms. The molecule has 0 unspecified atom stereocenters. The Labute approximate surface area is 166 Å². The van der Waals surface area contributed by atoms with Gasteiger partial charge in [0.2, 0.25) is 0 Å². The maximum absolute atomic E-state index is 13.7. The third-order valence-corrected chi connectivity index (χ3v) is 6.34. The summed E-state index contributed by atoms with van der Waals surface area (Å²) < 4.78 is 33.0. The number of benzene rings is 1. The van der Waals surface area contributed by atoms with Gasteiger partial charge in [-0.15, -0.1) is 0 Å². The maximum Gasteiger partial charge on any atom is 0.284 e. The lowest BCUT2D eigenvalue weighted by Crippen LogP contribution is -2.41. The third kappa shape index (κ3) is 3.62. The lowest BCUT2D eigenvalue weighted by Gasteiger charge is -2.39. The minimum absolute atomic E-state index is 0.198. The van der Waals surface area contributed by atoms with Gasteiger partial charge in [0.25, 0.3) is 6.43 Å². The molecule has 0 saturated carbocycles. The van der Waals surface area contributed by atoms with E-state index in [9.17, 15) is 8.78 Å². The van der Waals surface area contributed by atoms with Crippen LogP contribution in [0.4, 0.5) is 14.6 Å². The van der Waals surface area contributed by atoms with Crippen molar-refractivity contribution in [3.8, 4) is 11.3 Å². The molecule has 1 aromatic carbocycles. The molecular weight excluding hydrogens is 395 g/mol. The summed E-state index contributed by atoms with van der Waals surface area (Å²) in [5, 5.41) is 0.626. The molecule has 144 valence electrons. The Balaban J connectivity index is 1.63. The average molecular weight is 414 g/mol. The molecule has 0 N–H and O–H groups in total. The van der Waals surface area contributed by atoms with Crippen molar-refractivity contribution in [3.63, 3.8) is 0 Å². The normalized spacial score (nSPS) is 19.2. The van der Waals surface area contributed by atoms with E-state index in [-0.39, 0.29) is 21.9 Å². The van der Waals surface area contributed by atoms with Gasteiger partial charge < -0.3 is 9.64 Å². The summed E-state index contributed by atoms with van der Waals surface area (Å²) in [6, 6.07) is 5.03. The summed E-state index contributed by atoms with van der Waals surface area (Å²) in [6.07, 6.45) is 1.64. The minimum atomic E-state index is -2.73. The SMILES string of the molecule is FC(F)c1nc(-c2cccc(Cl)c2Cl)cnc1N1CCC2(CCOC2)CC1. The highest BCUT2D eigenvalue weighted by atomic mass is 35.5. The summed E-state index contributed by atoms with van der Waals surface area (Å²) in [4.78, 5) is 10.4. The number of anilines is 1. The van der Waals surface area contributed by atoms with Crippen molar-refractivity contribution >= 4 is 29.0 Å². The number of nitrogens with zero attached hydrogens (tertiary/aromatic N) is 3. The largest absolute Gasteiger partial charge is 0.381 e. The van der Waals surface area contributed by atoms with E-state index >= 15 is 0 Å². The van der Waals surface area contributed by atoms with Gasteiger partial charge >= 0.3 is 0 Å². The molecule has 0 amide bonds. The maximum atomic E-state index is 13.7. The molecule has 0 atom stereocenters. The van der Waals surface area contributed by atoms with Gasteiger partial charge in [0.1, 0.15) is 5.69 Å². The molecule has 2 fully saturated rings. The van der Waals surface area contributed by atoms with Crippen LogP contribution in [0, 0.1) is 5.41 Å². The van der Waals surface area contributed by atoms with Crippen molar-refractivity contribution < 1.29 is 13.5 Å². The van der Waals surface area contributed by atoms with E-state index in [1.807, 2.05) is 4.90 Å². The van der Waals surface area contributed by atoms with Crippen LogP contribution in [0.2, 0.25) is 10.0 Å². The molecule has 2 saturated heterocycles. The van der Waals surface area contributed by atoms with E-state index in [1.54, 1.807) is 18.2 Å². The van der Waals surface area contributed by atoms with E-state index in [2.05, 4.69) is 9.97 Å². The van der Waals surface area contributed by atoms with Crippen LogP contribution in [0.5, 0.6) is 0 Å². The summed E-state index contributed by atoms with van der Waals surface area (Å²) in [6.45, 7) is 2.90. The van der Waals surface area contributed by atoms with Gasteiger partial charge in [0.05, 0.1) is 28.5 Å². The second-order valence-electron chi connectivity index (χ2n) is 7.16. The van der Waals surface area contributed by atoms with E-state index < -0.39 is 6.43 Å². The summed E-state index contributed by atoms with van der Waals surface area (Å²) in [5.74, 6) is 0.251. The monoisotopic (exact) mass is 413 g/mol. The molecule has 8 heteroatoms. The molecule has 1 spiro atoms. The number of piperidine rings is 1. The van der Waals surface area contributed by atoms with E-state index in [0.29, 0.717) is 29.4 Å². The summed E-state index contributed by atoms with van der Waals surface area (Å²) in [5.41, 5.74) is 0.663. The number of hydrogen-bond donors (Lipinski definition) is 0. The quantitative estimate of drug-likeness (QED) is 0.675. The van der Waals surface area contributed by atoms with E-state index in [1.165, 1.54) is 6.20 Å². The molecule has 4 rings (SSSR count). The number of aromatic nitrogens is 2. The Morgan fingerprint density at radius 2 is 1.93 bits per heavy atom. The van der Waals surface area contributed by atoms with Crippen molar-refractivity contribution in [1.29, 1.82) is 0 Å². The highest BCUT2D eigenvalue weighted by Gasteiger charge is 2.39. The first-order chi connectivity index (χ1) is 13.0. The number of ether oxygens (including phenoxy) is 1. The summed E-state index contributed by atoms with van der Waals surface area (Å²) >= 11 is 12.2. The van der Waals surface area contributed by atoms with Crippen molar-refractivity contribution in [2.45, 2.75) is 25.7 Å². The molecule has 2 aromatic rings. The fourth-order valence-corrected chi connectivity index (χ4v) is 4.25. The van der Waals surface area contributed by atoms with Crippen LogP contribution in [-0.4, -0.2) is 36.3 Å². The second-order valence-corrected chi connectivity index (χ2v) is 7.94. The van der Waals surface area contributed by atoms with Crippen molar-refractivity contribution in [3.05, 3.63) is 40.1 Å². The van der Waals surface area contributed by atoms with Crippen LogP contribution >= 0.6 is 23.2 Å². The van der Waals surface area contributed by atoms with Crippen LogP contribution < -0.4 is 4.90 Å². The van der Waals surface area contributed by atoms with Crippen LogP contribution in [-0.2, 0) is 4.74 Å². The molecule has 0 radical (unpaired) electrons. The molecular formula is C19H19Cl2F2N3O. The van der Waals surface area contributed by atoms with Gasteiger partial charge in [-0.1, -0.05) is 35.3 Å². The molecule has 1 aromatic heterocycles. The number of rotatable bonds is 3. The minimum Gasteiger partial charge on any atom is -0.381 e. The standard InChI is InChI=1S/C19H19Cl2F2N3O/c20-13-3-1-2-12(15(13)21)14-10-24-18(16(25-14)17(22)23)26-7-4-19(5-8-26)6-9-27-11-19/h1-3,10,17H,4-9,11H2. The highest BCUT2D eigenvalue weighted by molar-refractivity contribution is 6.43. The van der Waals surface area contributed by atoms with Crippen molar-refractivity contribution in [1.82, 2.24) is 9.97 Å². The Bertz CT molecular complexity index is 834. The van der Waals surface area contributed by atoms with Gasteiger partial charge in [-0.2, -0.15) is 0 Å². The highest BCUT2D eigenvalue weighted by Crippen LogP contribution is 2.41. The first-order valence-corrected chi connectivity index (χ1v) is 9.67. The van der Waals surface area contributed by atoms with Crippen molar-refractivity contribution in [2.75, 3.05) is 31.2 Å². The third-order valence-electron chi connectivity index (χ3n) is 5.52. The van der Waals surface area contributed by atoms with Gasteiger partial charge in [-0.3, -0.25) is 0 Å². The fourth-order valence-electron chi connectivity index (χ4n) is 3.86.